The number of rotatable bonds is 3. The van der Waals surface area contributed by atoms with E-state index in [-0.39, 0.29) is 0 Å². The van der Waals surface area contributed by atoms with Gasteiger partial charge < -0.3 is 4.90 Å². The molecule has 0 aromatic heterocycles. The summed E-state index contributed by atoms with van der Waals surface area (Å²) in [6, 6.07) is 37.2. The van der Waals surface area contributed by atoms with Crippen LogP contribution in [0.3, 0.4) is 0 Å². The molecule has 0 aliphatic rings. The van der Waals surface area contributed by atoms with Crippen LogP contribution in [0.2, 0.25) is 0 Å². The molecule has 5 aromatic rings. The van der Waals surface area contributed by atoms with Gasteiger partial charge in [-0.2, -0.15) is 0 Å². The van der Waals surface area contributed by atoms with E-state index < -0.39 is 0 Å². The second-order valence-electron chi connectivity index (χ2n) is 7.68. The maximum atomic E-state index is 2.33. The van der Waals surface area contributed by atoms with Crippen molar-refractivity contribution in [2.24, 2.45) is 0 Å². The van der Waals surface area contributed by atoms with Crippen molar-refractivity contribution in [2.75, 3.05) is 19.0 Å². The van der Waals surface area contributed by atoms with Gasteiger partial charge in [-0.3, -0.25) is 0 Å². The van der Waals surface area contributed by atoms with Gasteiger partial charge in [0.25, 0.3) is 0 Å². The number of anilines is 1. The Bertz CT molecular complexity index is 1320. The molecule has 0 atom stereocenters. The van der Waals surface area contributed by atoms with Crippen LogP contribution in [0.4, 0.5) is 5.69 Å². The number of nitrogens with zero attached hydrogens (tertiary/aromatic N) is 1. The molecule has 1 heteroatoms. The Labute approximate surface area is 171 Å². The third-order valence-corrected chi connectivity index (χ3v) is 5.64. The molecule has 0 bridgehead atoms. The zero-order valence-electron chi connectivity index (χ0n) is 16.8. The second kappa shape index (κ2) is 7.10. The van der Waals surface area contributed by atoms with Crippen LogP contribution < -0.4 is 4.90 Å². The van der Waals surface area contributed by atoms with Crippen LogP contribution in [-0.4, -0.2) is 14.1 Å². The Morgan fingerprint density at radius 1 is 0.483 bits per heavy atom. The molecule has 0 aliphatic heterocycles. The molecule has 1 nitrogen and oxygen atoms in total. The number of hydrogen-bond acceptors (Lipinski definition) is 1. The highest BCUT2D eigenvalue weighted by Gasteiger charge is 2.12. The summed E-state index contributed by atoms with van der Waals surface area (Å²) in [5, 5.41) is 5.18. The van der Waals surface area contributed by atoms with E-state index >= 15 is 0 Å². The van der Waals surface area contributed by atoms with Crippen molar-refractivity contribution in [3.05, 3.63) is 103 Å². The summed E-state index contributed by atoms with van der Waals surface area (Å²) in [6.45, 7) is 0. The van der Waals surface area contributed by atoms with Crippen molar-refractivity contribution >= 4 is 27.2 Å². The Hall–Kier alpha value is -3.58. The Morgan fingerprint density at radius 2 is 1.14 bits per heavy atom. The molecule has 0 spiro atoms. The third-order valence-electron chi connectivity index (χ3n) is 5.64. The highest BCUT2D eigenvalue weighted by atomic mass is 15.1. The molecule has 5 aromatic carbocycles. The first-order chi connectivity index (χ1) is 14.2. The van der Waals surface area contributed by atoms with Crippen LogP contribution in [0.25, 0.3) is 43.8 Å². The summed E-state index contributed by atoms with van der Waals surface area (Å²) in [5.74, 6) is 0. The molecule has 0 saturated heterocycles. The minimum atomic E-state index is 1.23. The summed E-state index contributed by atoms with van der Waals surface area (Å²) in [7, 11) is 4.21. The summed E-state index contributed by atoms with van der Waals surface area (Å²) in [4.78, 5) is 2.19. The Kier molecular flexibility index (Phi) is 4.29. The highest BCUT2D eigenvalue weighted by molar-refractivity contribution is 6.14. The van der Waals surface area contributed by atoms with Gasteiger partial charge in [-0.25, -0.2) is 0 Å². The van der Waals surface area contributed by atoms with E-state index in [2.05, 4.69) is 122 Å². The molecule has 29 heavy (non-hydrogen) atoms. The van der Waals surface area contributed by atoms with E-state index in [1.807, 2.05) is 0 Å². The van der Waals surface area contributed by atoms with E-state index in [1.54, 1.807) is 0 Å². The average Bonchev–Trinajstić information content (AvgIpc) is 2.78. The first-order valence-electron chi connectivity index (χ1n) is 10.00. The van der Waals surface area contributed by atoms with Gasteiger partial charge in [-0.05, 0) is 56.4 Å². The van der Waals surface area contributed by atoms with Crippen molar-refractivity contribution < 1.29 is 0 Å². The first-order valence-corrected chi connectivity index (χ1v) is 10.00. The first kappa shape index (κ1) is 17.5. The van der Waals surface area contributed by atoms with E-state index in [1.165, 1.54) is 49.5 Å². The van der Waals surface area contributed by atoms with E-state index in [4.69, 9.17) is 0 Å². The van der Waals surface area contributed by atoms with Crippen molar-refractivity contribution in [3.8, 4) is 22.3 Å². The lowest BCUT2D eigenvalue weighted by atomic mass is 9.91. The SMILES string of the molecule is CN(C)c1ccc(-c2cc3ccccc3c3ccccc23)cc1-c1ccccc1. The molecular formula is C28H23N. The van der Waals surface area contributed by atoms with Crippen molar-refractivity contribution in [3.63, 3.8) is 0 Å². The molecule has 0 fully saturated rings. The topological polar surface area (TPSA) is 3.24 Å². The lowest BCUT2D eigenvalue weighted by Gasteiger charge is -2.20. The largest absolute Gasteiger partial charge is 0.377 e. The fraction of sp³-hybridized carbons (Fsp3) is 0.0714. The zero-order valence-corrected chi connectivity index (χ0v) is 16.8. The lowest BCUT2D eigenvalue weighted by Crippen LogP contribution is -2.10. The molecular weight excluding hydrogens is 350 g/mol. The minimum Gasteiger partial charge on any atom is -0.377 e. The molecule has 0 saturated carbocycles. The van der Waals surface area contributed by atoms with Gasteiger partial charge in [-0.1, -0.05) is 84.9 Å². The predicted octanol–water partition coefficient (Wildman–Crippen LogP) is 7.39. The fourth-order valence-corrected chi connectivity index (χ4v) is 4.24. The van der Waals surface area contributed by atoms with Gasteiger partial charge in [0.2, 0.25) is 0 Å². The lowest BCUT2D eigenvalue weighted by molar-refractivity contribution is 1.13. The van der Waals surface area contributed by atoms with Crippen LogP contribution in [0.15, 0.2) is 103 Å². The molecule has 0 N–H and O–H groups in total. The zero-order chi connectivity index (χ0) is 19.8. The van der Waals surface area contributed by atoms with Gasteiger partial charge in [0.05, 0.1) is 0 Å². The van der Waals surface area contributed by atoms with E-state index in [0.29, 0.717) is 0 Å². The Morgan fingerprint density at radius 3 is 1.90 bits per heavy atom. The van der Waals surface area contributed by atoms with Gasteiger partial charge in [-0.15, -0.1) is 0 Å². The highest BCUT2D eigenvalue weighted by Crippen LogP contribution is 2.39. The number of benzene rings is 5. The third kappa shape index (κ3) is 3.05. The summed E-state index contributed by atoms with van der Waals surface area (Å²) in [6.07, 6.45) is 0. The normalized spacial score (nSPS) is 11.1. The second-order valence-corrected chi connectivity index (χ2v) is 7.68. The predicted molar refractivity (Wildman–Crippen MR) is 127 cm³/mol. The molecule has 5 rings (SSSR count). The van der Waals surface area contributed by atoms with Gasteiger partial charge in [0.1, 0.15) is 0 Å². The smallest absolute Gasteiger partial charge is 0.0441 e. The van der Waals surface area contributed by atoms with Crippen LogP contribution >= 0.6 is 0 Å². The quantitative estimate of drug-likeness (QED) is 0.298. The van der Waals surface area contributed by atoms with Crippen molar-refractivity contribution in [1.82, 2.24) is 0 Å². The molecule has 0 amide bonds. The summed E-state index contributed by atoms with van der Waals surface area (Å²) in [5.41, 5.74) is 6.25. The van der Waals surface area contributed by atoms with E-state index in [0.717, 1.165) is 0 Å². The van der Waals surface area contributed by atoms with E-state index in [9.17, 15) is 0 Å². The molecule has 0 unspecified atom stereocenters. The maximum Gasteiger partial charge on any atom is 0.0441 e. The average molecular weight is 373 g/mol. The van der Waals surface area contributed by atoms with Crippen LogP contribution in [-0.2, 0) is 0 Å². The minimum absolute atomic E-state index is 1.23. The molecule has 0 aliphatic carbocycles. The van der Waals surface area contributed by atoms with Gasteiger partial charge in [0.15, 0.2) is 0 Å². The van der Waals surface area contributed by atoms with Crippen molar-refractivity contribution in [1.29, 1.82) is 0 Å². The monoisotopic (exact) mass is 373 g/mol. The van der Waals surface area contributed by atoms with Crippen LogP contribution in [0.5, 0.6) is 0 Å². The van der Waals surface area contributed by atoms with Gasteiger partial charge >= 0.3 is 0 Å². The fourth-order valence-electron chi connectivity index (χ4n) is 4.24. The molecule has 140 valence electrons. The number of hydrogen-bond donors (Lipinski definition) is 0. The van der Waals surface area contributed by atoms with Crippen LogP contribution in [0, 0.1) is 0 Å². The summed E-state index contributed by atoms with van der Waals surface area (Å²) >= 11 is 0. The molecule has 0 heterocycles. The molecule has 0 radical (unpaired) electrons. The van der Waals surface area contributed by atoms with Crippen LogP contribution in [0.1, 0.15) is 0 Å². The maximum absolute atomic E-state index is 2.33. The van der Waals surface area contributed by atoms with Gasteiger partial charge in [0, 0.05) is 25.3 Å². The number of fused-ring (bicyclic) bond motifs is 3. The Balaban J connectivity index is 1.81. The van der Waals surface area contributed by atoms with Crippen molar-refractivity contribution in [2.45, 2.75) is 0 Å². The summed E-state index contributed by atoms with van der Waals surface area (Å²) < 4.78 is 0. The standard InChI is InChI=1S/C28H23N/c1-29(2)28-17-16-22(19-27(28)20-10-4-3-5-11-20)26-18-21-12-6-7-13-23(21)24-14-8-9-15-25(24)26/h3-19H,1-2H3.